The highest BCUT2D eigenvalue weighted by atomic mass is 16.6. The molecule has 0 N–H and O–H groups in total. The van der Waals surface area contributed by atoms with E-state index in [2.05, 4.69) is 0 Å². The van der Waals surface area contributed by atoms with Crippen LogP contribution in [-0.4, -0.2) is 32.3 Å². The third kappa shape index (κ3) is 3.13. The van der Waals surface area contributed by atoms with E-state index in [-0.39, 0.29) is 0 Å². The minimum atomic E-state index is -0.524. The average Bonchev–Trinajstić information content (AvgIpc) is 2.72. The van der Waals surface area contributed by atoms with Crippen molar-refractivity contribution < 1.29 is 28.5 Å². The molecule has 3 aromatic carbocycles. The van der Waals surface area contributed by atoms with E-state index in [4.69, 9.17) is 18.9 Å². The lowest BCUT2D eigenvalue weighted by atomic mass is 9.92. The van der Waals surface area contributed by atoms with Gasteiger partial charge in [-0.2, -0.15) is 0 Å². The summed E-state index contributed by atoms with van der Waals surface area (Å²) in [6.07, 6.45) is 0. The molecule has 6 heteroatoms. The molecule has 0 aliphatic carbocycles. The zero-order chi connectivity index (χ0) is 19.7. The van der Waals surface area contributed by atoms with Crippen LogP contribution in [0.4, 0.5) is 0 Å². The predicted molar refractivity (Wildman–Crippen MR) is 103 cm³/mol. The first-order valence-corrected chi connectivity index (χ1v) is 8.81. The van der Waals surface area contributed by atoms with Crippen molar-refractivity contribution in [2.45, 2.75) is 6.92 Å². The Kier molecular flexibility index (Phi) is 4.61. The van der Waals surface area contributed by atoms with E-state index in [1.807, 2.05) is 42.5 Å². The molecular formula is C22H18O6. The van der Waals surface area contributed by atoms with Crippen molar-refractivity contribution >= 4 is 22.7 Å². The van der Waals surface area contributed by atoms with Crippen LogP contribution in [0.25, 0.3) is 21.9 Å². The van der Waals surface area contributed by atoms with Gasteiger partial charge in [0.2, 0.25) is 0 Å². The third-order valence-electron chi connectivity index (χ3n) is 4.50. The molecule has 1 aliphatic rings. The number of benzene rings is 3. The number of fused-ring (bicyclic) bond motifs is 2. The number of esters is 2. The van der Waals surface area contributed by atoms with E-state index in [0.29, 0.717) is 41.6 Å². The van der Waals surface area contributed by atoms with Crippen LogP contribution in [0.15, 0.2) is 48.5 Å². The van der Waals surface area contributed by atoms with Crippen molar-refractivity contribution in [1.82, 2.24) is 0 Å². The Bertz CT molecular complexity index is 1090. The highest BCUT2D eigenvalue weighted by Gasteiger charge is 2.22. The Balaban J connectivity index is 2.01. The summed E-state index contributed by atoms with van der Waals surface area (Å²) in [7, 11) is 1.32. The van der Waals surface area contributed by atoms with Gasteiger partial charge in [-0.05, 0) is 29.1 Å². The molecule has 1 heterocycles. The molecule has 28 heavy (non-hydrogen) atoms. The molecule has 0 aromatic heterocycles. The topological polar surface area (TPSA) is 71.1 Å². The summed E-state index contributed by atoms with van der Waals surface area (Å²) < 4.78 is 21.6. The van der Waals surface area contributed by atoms with Gasteiger partial charge in [0.25, 0.3) is 0 Å². The van der Waals surface area contributed by atoms with E-state index in [0.717, 1.165) is 16.3 Å². The smallest absolute Gasteiger partial charge is 0.338 e. The molecule has 0 spiro atoms. The van der Waals surface area contributed by atoms with E-state index in [1.54, 1.807) is 6.07 Å². The number of carbonyl (C=O) groups excluding carboxylic acids is 2. The van der Waals surface area contributed by atoms with Gasteiger partial charge in [0, 0.05) is 17.9 Å². The zero-order valence-electron chi connectivity index (χ0n) is 15.5. The highest BCUT2D eigenvalue weighted by molar-refractivity contribution is 6.10. The first-order chi connectivity index (χ1) is 13.6. The number of ether oxygens (including phenoxy) is 4. The summed E-state index contributed by atoms with van der Waals surface area (Å²) in [6.45, 7) is 2.29. The minimum Gasteiger partial charge on any atom is -0.486 e. The lowest BCUT2D eigenvalue weighted by molar-refractivity contribution is -0.131. The monoisotopic (exact) mass is 378 g/mol. The van der Waals surface area contributed by atoms with Crippen molar-refractivity contribution in [2.75, 3.05) is 20.3 Å². The molecule has 0 saturated carbocycles. The largest absolute Gasteiger partial charge is 0.486 e. The van der Waals surface area contributed by atoms with Gasteiger partial charge in [0.15, 0.2) is 11.5 Å². The average molecular weight is 378 g/mol. The lowest BCUT2D eigenvalue weighted by Gasteiger charge is -2.20. The van der Waals surface area contributed by atoms with Crippen molar-refractivity contribution in [3.05, 3.63) is 54.1 Å². The first-order valence-electron chi connectivity index (χ1n) is 8.81. The lowest BCUT2D eigenvalue weighted by Crippen LogP contribution is -2.15. The Morgan fingerprint density at radius 3 is 2.36 bits per heavy atom. The van der Waals surface area contributed by atoms with Gasteiger partial charge in [-0.1, -0.05) is 30.3 Å². The van der Waals surface area contributed by atoms with E-state index in [1.165, 1.54) is 14.0 Å². The van der Waals surface area contributed by atoms with Gasteiger partial charge in [0.05, 0.1) is 12.7 Å². The van der Waals surface area contributed by atoms with Crippen molar-refractivity contribution in [1.29, 1.82) is 0 Å². The van der Waals surface area contributed by atoms with Gasteiger partial charge in [-0.3, -0.25) is 4.79 Å². The van der Waals surface area contributed by atoms with Crippen LogP contribution in [0.1, 0.15) is 17.3 Å². The van der Waals surface area contributed by atoms with E-state index >= 15 is 0 Å². The molecule has 6 nitrogen and oxygen atoms in total. The molecule has 0 fully saturated rings. The van der Waals surface area contributed by atoms with Gasteiger partial charge < -0.3 is 18.9 Å². The van der Waals surface area contributed by atoms with Gasteiger partial charge >= 0.3 is 11.9 Å². The quantitative estimate of drug-likeness (QED) is 0.507. The number of carbonyl (C=O) groups is 2. The molecule has 0 unspecified atom stereocenters. The fourth-order valence-electron chi connectivity index (χ4n) is 3.36. The molecule has 0 bridgehead atoms. The van der Waals surface area contributed by atoms with Crippen LogP contribution in [0, 0.1) is 0 Å². The third-order valence-corrected chi connectivity index (χ3v) is 4.50. The summed E-state index contributed by atoms with van der Waals surface area (Å²) in [5, 5.41) is 1.48. The second kappa shape index (κ2) is 7.23. The van der Waals surface area contributed by atoms with Gasteiger partial charge in [-0.15, -0.1) is 0 Å². The van der Waals surface area contributed by atoms with Gasteiger partial charge in [0.1, 0.15) is 19.0 Å². The normalized spacial score (nSPS) is 12.5. The molecule has 0 atom stereocenters. The maximum absolute atomic E-state index is 12.6. The molecule has 142 valence electrons. The van der Waals surface area contributed by atoms with Crippen LogP contribution in [0.3, 0.4) is 0 Å². The Morgan fingerprint density at radius 1 is 0.929 bits per heavy atom. The highest BCUT2D eigenvalue weighted by Crippen LogP contribution is 2.41. The van der Waals surface area contributed by atoms with Crippen molar-refractivity contribution in [2.24, 2.45) is 0 Å². The molecule has 0 amide bonds. The van der Waals surface area contributed by atoms with Crippen molar-refractivity contribution in [3.63, 3.8) is 0 Å². The zero-order valence-corrected chi connectivity index (χ0v) is 15.5. The summed E-state index contributed by atoms with van der Waals surface area (Å²) in [4.78, 5) is 24.1. The SMILES string of the molecule is COC(=O)c1cc(OC(C)=O)c2ccccc2c1-c1ccc2c(c1)OCCO2. The van der Waals surface area contributed by atoms with Gasteiger partial charge in [-0.25, -0.2) is 4.79 Å². The summed E-state index contributed by atoms with van der Waals surface area (Å²) >= 11 is 0. The number of hydrogen-bond donors (Lipinski definition) is 0. The maximum atomic E-state index is 12.6. The second-order valence-corrected chi connectivity index (χ2v) is 6.29. The minimum absolute atomic E-state index is 0.300. The van der Waals surface area contributed by atoms with E-state index < -0.39 is 11.9 Å². The fourth-order valence-corrected chi connectivity index (χ4v) is 3.36. The molecule has 3 aromatic rings. The first kappa shape index (κ1) is 17.9. The maximum Gasteiger partial charge on any atom is 0.338 e. The molecular weight excluding hydrogens is 360 g/mol. The number of hydrogen-bond acceptors (Lipinski definition) is 6. The predicted octanol–water partition coefficient (Wildman–Crippen LogP) is 3.99. The summed E-state index contributed by atoms with van der Waals surface area (Å²) in [5.74, 6) is 0.602. The fraction of sp³-hybridized carbons (Fsp3) is 0.182. The van der Waals surface area contributed by atoms with Crippen LogP contribution >= 0.6 is 0 Å². The summed E-state index contributed by atoms with van der Waals surface area (Å²) in [5.41, 5.74) is 1.75. The molecule has 4 rings (SSSR count). The Morgan fingerprint density at radius 2 is 1.64 bits per heavy atom. The van der Waals surface area contributed by atoms with E-state index in [9.17, 15) is 9.59 Å². The summed E-state index contributed by atoms with van der Waals surface area (Å²) in [6, 6.07) is 14.5. The standard InChI is InChI=1S/C22H18O6/c1-13(23)28-19-12-17(22(24)25-2)21(16-6-4-3-5-15(16)19)14-7-8-18-20(11-14)27-10-9-26-18/h3-8,11-12H,9-10H2,1-2H3. The van der Waals surface area contributed by atoms with Crippen LogP contribution in [0.5, 0.6) is 17.2 Å². The molecule has 0 radical (unpaired) electrons. The van der Waals surface area contributed by atoms with Crippen molar-refractivity contribution in [3.8, 4) is 28.4 Å². The van der Waals surface area contributed by atoms with Crippen LogP contribution in [0.2, 0.25) is 0 Å². The molecule has 0 saturated heterocycles. The van der Waals surface area contributed by atoms with Crippen LogP contribution < -0.4 is 14.2 Å². The number of methoxy groups -OCH3 is 1. The molecule has 1 aliphatic heterocycles. The Labute approximate surface area is 161 Å². The Hall–Kier alpha value is -3.54. The second-order valence-electron chi connectivity index (χ2n) is 6.29. The van der Waals surface area contributed by atoms with Crippen LogP contribution in [-0.2, 0) is 9.53 Å². The number of rotatable bonds is 3.